The Morgan fingerprint density at radius 2 is 2.00 bits per heavy atom. The quantitative estimate of drug-likeness (QED) is 0.736. The number of piperidine rings is 1. The van der Waals surface area contributed by atoms with Gasteiger partial charge in [0.1, 0.15) is 0 Å². The van der Waals surface area contributed by atoms with Crippen LogP contribution < -0.4 is 5.73 Å². The van der Waals surface area contributed by atoms with E-state index in [2.05, 4.69) is 4.90 Å². The normalized spacial score (nSPS) is 21.9. The number of likely N-dealkylation sites (tertiary alicyclic amines) is 1. The maximum absolute atomic E-state index is 10.4. The van der Waals surface area contributed by atoms with Crippen molar-refractivity contribution in [2.45, 2.75) is 44.4 Å². The van der Waals surface area contributed by atoms with E-state index in [9.17, 15) is 5.11 Å². The van der Waals surface area contributed by atoms with Gasteiger partial charge in [0.25, 0.3) is 0 Å². The minimum absolute atomic E-state index is 0.225. The molecule has 20 heavy (non-hydrogen) atoms. The van der Waals surface area contributed by atoms with Gasteiger partial charge >= 0.3 is 0 Å². The number of rotatable bonds is 6. The van der Waals surface area contributed by atoms with Crippen LogP contribution in [0.5, 0.6) is 0 Å². The number of β-amino-alcohol motifs (C(OH)–C–C–N with tert-alkyl or cyclic N) is 1. The molecule has 1 aliphatic heterocycles. The predicted molar refractivity (Wildman–Crippen MR) is 80.2 cm³/mol. The molecule has 0 spiro atoms. The number of aliphatic hydroxyl groups excluding tert-OH is 2. The van der Waals surface area contributed by atoms with Crippen molar-refractivity contribution in [3.05, 3.63) is 35.4 Å². The molecular weight excluding hydrogens is 252 g/mol. The molecule has 4 heteroatoms. The molecule has 0 aliphatic carbocycles. The summed E-state index contributed by atoms with van der Waals surface area (Å²) in [6.07, 6.45) is 3.86. The van der Waals surface area contributed by atoms with Gasteiger partial charge in [-0.2, -0.15) is 0 Å². The zero-order chi connectivity index (χ0) is 14.4. The molecule has 0 radical (unpaired) electrons. The summed E-state index contributed by atoms with van der Waals surface area (Å²) in [4.78, 5) is 2.32. The minimum atomic E-state index is -0.471. The molecule has 1 fully saturated rings. The molecule has 0 amide bonds. The van der Waals surface area contributed by atoms with Crippen molar-refractivity contribution in [3.8, 4) is 0 Å². The number of hydrogen-bond donors (Lipinski definition) is 3. The van der Waals surface area contributed by atoms with E-state index in [-0.39, 0.29) is 6.61 Å². The van der Waals surface area contributed by atoms with Crippen molar-refractivity contribution in [1.29, 1.82) is 0 Å². The molecule has 0 saturated carbocycles. The summed E-state index contributed by atoms with van der Waals surface area (Å²) in [5.41, 5.74) is 7.60. The van der Waals surface area contributed by atoms with Gasteiger partial charge in [-0.05, 0) is 36.9 Å². The van der Waals surface area contributed by atoms with Crippen LogP contribution in [0.4, 0.5) is 0 Å². The van der Waals surface area contributed by atoms with Crippen LogP contribution in [0, 0.1) is 0 Å². The van der Waals surface area contributed by atoms with Gasteiger partial charge in [-0.25, -0.2) is 0 Å². The zero-order valence-electron chi connectivity index (χ0n) is 12.0. The molecule has 2 atom stereocenters. The summed E-state index contributed by atoms with van der Waals surface area (Å²) < 4.78 is 0. The van der Waals surface area contributed by atoms with Crippen molar-refractivity contribution in [2.75, 3.05) is 19.7 Å². The number of nitrogens with zero attached hydrogens (tertiary/aromatic N) is 1. The van der Waals surface area contributed by atoms with Gasteiger partial charge in [-0.1, -0.05) is 30.7 Å². The molecule has 112 valence electrons. The predicted octanol–water partition coefficient (Wildman–Crippen LogP) is 1.42. The standard InChI is InChI=1S/C16H26N2O2/c17-11-13-4-6-14(7-5-13)16(20)12-18-9-2-1-3-15(18)8-10-19/h4-7,15-16,19-20H,1-3,8-12,17H2. The van der Waals surface area contributed by atoms with Crippen LogP contribution in [0.15, 0.2) is 24.3 Å². The molecule has 1 aromatic rings. The fourth-order valence-electron chi connectivity index (χ4n) is 2.98. The Morgan fingerprint density at radius 1 is 1.25 bits per heavy atom. The minimum Gasteiger partial charge on any atom is -0.396 e. The number of nitrogens with two attached hydrogens (primary N) is 1. The van der Waals surface area contributed by atoms with Crippen LogP contribution in [0.2, 0.25) is 0 Å². The average Bonchev–Trinajstić information content (AvgIpc) is 2.49. The summed E-state index contributed by atoms with van der Waals surface area (Å²) in [5.74, 6) is 0. The molecule has 4 nitrogen and oxygen atoms in total. The number of aliphatic hydroxyl groups is 2. The fourth-order valence-corrected chi connectivity index (χ4v) is 2.98. The van der Waals surface area contributed by atoms with Crippen molar-refractivity contribution in [1.82, 2.24) is 4.90 Å². The number of hydrogen-bond acceptors (Lipinski definition) is 4. The summed E-state index contributed by atoms with van der Waals surface area (Å²) >= 11 is 0. The first kappa shape index (κ1) is 15.4. The molecule has 1 aliphatic rings. The fraction of sp³-hybridized carbons (Fsp3) is 0.625. The Kier molecular flexibility index (Phi) is 5.98. The van der Waals surface area contributed by atoms with Gasteiger partial charge in [-0.15, -0.1) is 0 Å². The van der Waals surface area contributed by atoms with E-state index in [1.165, 1.54) is 12.8 Å². The molecule has 1 aromatic carbocycles. The van der Waals surface area contributed by atoms with Gasteiger partial charge in [0.2, 0.25) is 0 Å². The topological polar surface area (TPSA) is 69.7 Å². The lowest BCUT2D eigenvalue weighted by Crippen LogP contribution is -2.42. The van der Waals surface area contributed by atoms with Gasteiger partial charge in [0, 0.05) is 25.7 Å². The van der Waals surface area contributed by atoms with E-state index >= 15 is 0 Å². The van der Waals surface area contributed by atoms with E-state index in [4.69, 9.17) is 10.8 Å². The third-order valence-electron chi connectivity index (χ3n) is 4.22. The highest BCUT2D eigenvalue weighted by molar-refractivity contribution is 5.24. The van der Waals surface area contributed by atoms with E-state index in [0.717, 1.165) is 30.5 Å². The van der Waals surface area contributed by atoms with Crippen molar-refractivity contribution in [3.63, 3.8) is 0 Å². The second-order valence-electron chi connectivity index (χ2n) is 5.62. The second-order valence-corrected chi connectivity index (χ2v) is 5.62. The van der Waals surface area contributed by atoms with Crippen LogP contribution in [-0.4, -0.2) is 40.9 Å². The van der Waals surface area contributed by atoms with Gasteiger partial charge < -0.3 is 15.9 Å². The smallest absolute Gasteiger partial charge is 0.0917 e. The van der Waals surface area contributed by atoms with Crippen molar-refractivity contribution < 1.29 is 10.2 Å². The highest BCUT2D eigenvalue weighted by atomic mass is 16.3. The van der Waals surface area contributed by atoms with Gasteiger partial charge in [-0.3, -0.25) is 4.90 Å². The Labute approximate surface area is 121 Å². The third-order valence-corrected chi connectivity index (χ3v) is 4.22. The maximum Gasteiger partial charge on any atom is 0.0917 e. The van der Waals surface area contributed by atoms with Gasteiger partial charge in [0.05, 0.1) is 6.10 Å². The Hall–Kier alpha value is -0.940. The molecule has 1 saturated heterocycles. The van der Waals surface area contributed by atoms with E-state index in [0.29, 0.717) is 19.1 Å². The highest BCUT2D eigenvalue weighted by Crippen LogP contribution is 2.23. The Bertz CT molecular complexity index is 392. The van der Waals surface area contributed by atoms with Crippen LogP contribution in [0.25, 0.3) is 0 Å². The summed E-state index contributed by atoms with van der Waals surface area (Å²) in [6.45, 7) is 2.42. The lowest BCUT2D eigenvalue weighted by atomic mass is 9.98. The summed E-state index contributed by atoms with van der Waals surface area (Å²) in [7, 11) is 0. The summed E-state index contributed by atoms with van der Waals surface area (Å²) in [6, 6.07) is 8.27. The molecule has 1 heterocycles. The SMILES string of the molecule is NCc1ccc(C(O)CN2CCCCC2CCO)cc1. The van der Waals surface area contributed by atoms with E-state index in [1.807, 2.05) is 24.3 Å². The zero-order valence-corrected chi connectivity index (χ0v) is 12.0. The lowest BCUT2D eigenvalue weighted by molar-refractivity contribution is 0.0565. The molecular formula is C16H26N2O2. The van der Waals surface area contributed by atoms with E-state index < -0.39 is 6.10 Å². The first-order valence-corrected chi connectivity index (χ1v) is 7.56. The largest absolute Gasteiger partial charge is 0.396 e. The van der Waals surface area contributed by atoms with E-state index in [1.54, 1.807) is 0 Å². The van der Waals surface area contributed by atoms with Crippen LogP contribution in [-0.2, 0) is 6.54 Å². The molecule has 4 N–H and O–H groups in total. The van der Waals surface area contributed by atoms with Crippen molar-refractivity contribution in [2.24, 2.45) is 5.73 Å². The summed E-state index contributed by atoms with van der Waals surface area (Å²) in [5, 5.41) is 19.5. The number of benzene rings is 1. The van der Waals surface area contributed by atoms with Crippen LogP contribution in [0.3, 0.4) is 0 Å². The maximum atomic E-state index is 10.4. The van der Waals surface area contributed by atoms with Crippen LogP contribution >= 0.6 is 0 Å². The van der Waals surface area contributed by atoms with Crippen molar-refractivity contribution >= 4 is 0 Å². The van der Waals surface area contributed by atoms with Gasteiger partial charge in [0.15, 0.2) is 0 Å². The second kappa shape index (κ2) is 7.74. The molecule has 2 rings (SSSR count). The Balaban J connectivity index is 1.95. The molecule has 0 aromatic heterocycles. The molecule has 0 bridgehead atoms. The third kappa shape index (κ3) is 4.03. The first-order chi connectivity index (χ1) is 9.74. The lowest BCUT2D eigenvalue weighted by Gasteiger charge is -2.36. The monoisotopic (exact) mass is 278 g/mol. The van der Waals surface area contributed by atoms with Crippen LogP contribution in [0.1, 0.15) is 42.9 Å². The Morgan fingerprint density at radius 3 is 2.65 bits per heavy atom. The highest BCUT2D eigenvalue weighted by Gasteiger charge is 2.24. The molecule has 2 unspecified atom stereocenters. The average molecular weight is 278 g/mol. The first-order valence-electron chi connectivity index (χ1n) is 7.56.